The van der Waals surface area contributed by atoms with Crippen LogP contribution in [0.4, 0.5) is 5.69 Å². The van der Waals surface area contributed by atoms with E-state index in [1.165, 1.54) is 13.0 Å². The Hall–Kier alpha value is -3.35. The number of carbonyl (C=O) groups excluding carboxylic acids is 3. The number of anilines is 1. The summed E-state index contributed by atoms with van der Waals surface area (Å²) in [5, 5.41) is 2.58. The highest BCUT2D eigenvalue weighted by atomic mass is 16.5. The lowest BCUT2D eigenvalue weighted by Crippen LogP contribution is -2.22. The fraction of sp³-hybridized carbons (Fsp3) is 0.250. The van der Waals surface area contributed by atoms with Crippen LogP contribution < -0.4 is 14.8 Å². The monoisotopic (exact) mass is 369 g/mol. The molecule has 0 atom stereocenters. The maximum absolute atomic E-state index is 12.2. The Kier molecular flexibility index (Phi) is 5.71. The first-order chi connectivity index (χ1) is 13.0. The van der Waals surface area contributed by atoms with Crippen LogP contribution in [0.25, 0.3) is 0 Å². The molecule has 0 aliphatic carbocycles. The maximum Gasteiger partial charge on any atom is 0.338 e. The van der Waals surface area contributed by atoms with E-state index in [0.29, 0.717) is 36.0 Å². The van der Waals surface area contributed by atoms with Gasteiger partial charge in [0.15, 0.2) is 23.9 Å². The van der Waals surface area contributed by atoms with Gasteiger partial charge in [-0.1, -0.05) is 12.1 Å². The van der Waals surface area contributed by atoms with Crippen molar-refractivity contribution in [2.45, 2.75) is 13.3 Å². The second-order valence-electron chi connectivity index (χ2n) is 5.94. The molecule has 0 bridgehead atoms. The highest BCUT2D eigenvalue weighted by Gasteiger charge is 2.16. The fourth-order valence-corrected chi connectivity index (χ4v) is 2.59. The smallest absolute Gasteiger partial charge is 0.338 e. The number of amides is 1. The van der Waals surface area contributed by atoms with Crippen LogP contribution >= 0.6 is 0 Å². The molecule has 0 saturated heterocycles. The van der Waals surface area contributed by atoms with E-state index in [-0.39, 0.29) is 11.3 Å². The molecule has 1 amide bonds. The molecular formula is C20H19NO6. The first-order valence-corrected chi connectivity index (χ1v) is 8.51. The number of ketones is 1. The zero-order valence-electron chi connectivity index (χ0n) is 14.8. The maximum atomic E-state index is 12.2. The van der Waals surface area contributed by atoms with Gasteiger partial charge in [-0.25, -0.2) is 4.79 Å². The lowest BCUT2D eigenvalue weighted by Gasteiger charge is -2.11. The first-order valence-electron chi connectivity index (χ1n) is 8.51. The van der Waals surface area contributed by atoms with Gasteiger partial charge in [-0.05, 0) is 37.3 Å². The van der Waals surface area contributed by atoms with Gasteiger partial charge in [0.05, 0.1) is 24.5 Å². The number of nitrogens with one attached hydrogen (secondary N) is 1. The standard InChI is InChI=1S/C20H19NO6/c1-13(22)15-5-2-3-6-16(15)21-19(23)12-27-20(24)14-7-8-17-18(11-14)26-10-4-9-25-17/h2-3,5-8,11H,4,9-10,12H2,1H3,(H,21,23). The van der Waals surface area contributed by atoms with Crippen LogP contribution in [0.5, 0.6) is 11.5 Å². The molecule has 3 rings (SSSR count). The van der Waals surface area contributed by atoms with Crippen LogP contribution in [-0.4, -0.2) is 37.5 Å². The summed E-state index contributed by atoms with van der Waals surface area (Å²) in [6, 6.07) is 11.4. The van der Waals surface area contributed by atoms with E-state index >= 15 is 0 Å². The predicted molar refractivity (Wildman–Crippen MR) is 97.4 cm³/mol. The summed E-state index contributed by atoms with van der Waals surface area (Å²) >= 11 is 0. The Balaban J connectivity index is 1.60. The van der Waals surface area contributed by atoms with Crippen LogP contribution in [0.2, 0.25) is 0 Å². The minimum absolute atomic E-state index is 0.171. The van der Waals surface area contributed by atoms with Crippen LogP contribution in [0.3, 0.4) is 0 Å². The molecule has 2 aromatic carbocycles. The fourth-order valence-electron chi connectivity index (χ4n) is 2.59. The van der Waals surface area contributed by atoms with Gasteiger partial charge in [-0.2, -0.15) is 0 Å². The molecule has 7 heteroatoms. The number of para-hydroxylation sites is 1. The first kappa shape index (κ1) is 18.4. The van der Waals surface area contributed by atoms with E-state index in [1.807, 2.05) is 0 Å². The van der Waals surface area contributed by atoms with Crippen LogP contribution in [-0.2, 0) is 9.53 Å². The van der Waals surface area contributed by atoms with E-state index in [1.54, 1.807) is 36.4 Å². The summed E-state index contributed by atoms with van der Waals surface area (Å²) < 4.78 is 16.1. The largest absolute Gasteiger partial charge is 0.490 e. The number of ether oxygens (including phenoxy) is 3. The molecule has 0 saturated carbocycles. The molecule has 1 aliphatic rings. The van der Waals surface area contributed by atoms with Crippen LogP contribution in [0, 0.1) is 0 Å². The molecule has 2 aromatic rings. The third-order valence-corrected chi connectivity index (χ3v) is 3.90. The lowest BCUT2D eigenvalue weighted by molar-refractivity contribution is -0.119. The normalized spacial score (nSPS) is 12.6. The molecule has 27 heavy (non-hydrogen) atoms. The van der Waals surface area contributed by atoms with Gasteiger partial charge >= 0.3 is 5.97 Å². The Morgan fingerprint density at radius 3 is 2.56 bits per heavy atom. The Morgan fingerprint density at radius 1 is 1.04 bits per heavy atom. The third-order valence-electron chi connectivity index (χ3n) is 3.90. The van der Waals surface area contributed by atoms with Gasteiger partial charge in [-0.15, -0.1) is 0 Å². The number of rotatable bonds is 5. The molecule has 7 nitrogen and oxygen atoms in total. The molecule has 0 fully saturated rings. The predicted octanol–water partition coefficient (Wildman–Crippen LogP) is 2.85. The molecule has 1 aliphatic heterocycles. The summed E-state index contributed by atoms with van der Waals surface area (Å²) in [7, 11) is 0. The number of esters is 1. The van der Waals surface area contributed by atoms with Gasteiger partial charge in [0.25, 0.3) is 5.91 Å². The van der Waals surface area contributed by atoms with E-state index < -0.39 is 18.5 Å². The van der Waals surface area contributed by atoms with Gasteiger partial charge in [0.1, 0.15) is 0 Å². The van der Waals surface area contributed by atoms with Crippen molar-refractivity contribution in [3.8, 4) is 11.5 Å². The topological polar surface area (TPSA) is 90.9 Å². The zero-order chi connectivity index (χ0) is 19.2. The number of carbonyl (C=O) groups is 3. The Labute approximate surface area is 156 Å². The van der Waals surface area contributed by atoms with Crippen molar-refractivity contribution in [3.05, 3.63) is 53.6 Å². The Bertz CT molecular complexity index is 877. The Morgan fingerprint density at radius 2 is 1.78 bits per heavy atom. The van der Waals surface area contributed by atoms with E-state index in [9.17, 15) is 14.4 Å². The summed E-state index contributed by atoms with van der Waals surface area (Å²) in [6.07, 6.45) is 0.760. The molecule has 0 radical (unpaired) electrons. The van der Waals surface area contributed by atoms with Gasteiger partial charge < -0.3 is 19.5 Å². The van der Waals surface area contributed by atoms with Gasteiger partial charge in [-0.3, -0.25) is 9.59 Å². The highest BCUT2D eigenvalue weighted by Crippen LogP contribution is 2.30. The van der Waals surface area contributed by atoms with Crippen molar-refractivity contribution in [1.29, 1.82) is 0 Å². The summed E-state index contributed by atoms with van der Waals surface area (Å²) in [4.78, 5) is 35.8. The van der Waals surface area contributed by atoms with Crippen molar-refractivity contribution in [2.24, 2.45) is 0 Å². The zero-order valence-corrected chi connectivity index (χ0v) is 14.8. The SMILES string of the molecule is CC(=O)c1ccccc1NC(=O)COC(=O)c1ccc2c(c1)OCCCO2. The highest BCUT2D eigenvalue weighted by molar-refractivity contribution is 6.04. The second-order valence-corrected chi connectivity index (χ2v) is 5.94. The van der Waals surface area contributed by atoms with Gasteiger partial charge in [0.2, 0.25) is 0 Å². The van der Waals surface area contributed by atoms with E-state index in [2.05, 4.69) is 5.32 Å². The summed E-state index contributed by atoms with van der Waals surface area (Å²) in [6.45, 7) is 2.00. The average molecular weight is 369 g/mol. The minimum atomic E-state index is -0.652. The summed E-state index contributed by atoms with van der Waals surface area (Å²) in [5.41, 5.74) is 1.03. The third kappa shape index (κ3) is 4.63. The number of benzene rings is 2. The van der Waals surface area contributed by atoms with E-state index in [0.717, 1.165) is 6.42 Å². The number of hydrogen-bond donors (Lipinski definition) is 1. The quantitative estimate of drug-likeness (QED) is 0.644. The average Bonchev–Trinajstić information content (AvgIpc) is 2.91. The van der Waals surface area contributed by atoms with Crippen molar-refractivity contribution < 1.29 is 28.6 Å². The lowest BCUT2D eigenvalue weighted by atomic mass is 10.1. The van der Waals surface area contributed by atoms with Crippen molar-refractivity contribution in [2.75, 3.05) is 25.1 Å². The minimum Gasteiger partial charge on any atom is -0.490 e. The second kappa shape index (κ2) is 8.35. The summed E-state index contributed by atoms with van der Waals surface area (Å²) in [5.74, 6) is -0.313. The van der Waals surface area contributed by atoms with Gasteiger partial charge in [0, 0.05) is 12.0 Å². The molecule has 0 unspecified atom stereocenters. The van der Waals surface area contributed by atoms with Crippen molar-refractivity contribution >= 4 is 23.3 Å². The number of hydrogen-bond acceptors (Lipinski definition) is 6. The number of Topliss-reactive ketones (excluding diaryl/α,β-unsaturated/α-hetero) is 1. The van der Waals surface area contributed by atoms with E-state index in [4.69, 9.17) is 14.2 Å². The number of fused-ring (bicyclic) bond motifs is 1. The van der Waals surface area contributed by atoms with Crippen molar-refractivity contribution in [1.82, 2.24) is 0 Å². The molecular weight excluding hydrogens is 350 g/mol. The molecule has 0 aromatic heterocycles. The molecule has 140 valence electrons. The molecule has 1 N–H and O–H groups in total. The van der Waals surface area contributed by atoms with Crippen LogP contribution in [0.1, 0.15) is 34.1 Å². The van der Waals surface area contributed by atoms with Crippen molar-refractivity contribution in [3.63, 3.8) is 0 Å². The molecule has 0 spiro atoms. The van der Waals surface area contributed by atoms with Crippen LogP contribution in [0.15, 0.2) is 42.5 Å². The molecule has 1 heterocycles.